The van der Waals surface area contributed by atoms with Gasteiger partial charge in [0.15, 0.2) is 0 Å². The standard InChI is InChI=1S/C17H22N2O2/c1-5-19-11(2)9-14(13(19)4)10-18-16-8-6-7-15(12(16)3)17(20)21/h6-9,18H,5,10H2,1-4H3,(H,20,21). The van der Waals surface area contributed by atoms with E-state index in [0.29, 0.717) is 12.1 Å². The van der Waals surface area contributed by atoms with E-state index >= 15 is 0 Å². The molecule has 1 aromatic carbocycles. The van der Waals surface area contributed by atoms with Gasteiger partial charge in [-0.15, -0.1) is 0 Å². The molecule has 21 heavy (non-hydrogen) atoms. The lowest BCUT2D eigenvalue weighted by atomic mass is 10.1. The SMILES string of the molecule is CCn1c(C)cc(CNc2cccc(C(=O)O)c2C)c1C. The lowest BCUT2D eigenvalue weighted by molar-refractivity contribution is 0.0696. The van der Waals surface area contributed by atoms with E-state index < -0.39 is 5.97 Å². The molecule has 0 saturated heterocycles. The summed E-state index contributed by atoms with van der Waals surface area (Å²) in [6, 6.07) is 7.50. The number of nitrogens with one attached hydrogen (secondary N) is 1. The number of carbonyl (C=O) groups is 1. The summed E-state index contributed by atoms with van der Waals surface area (Å²) in [7, 11) is 0. The molecule has 0 bridgehead atoms. The molecule has 2 N–H and O–H groups in total. The molecule has 4 nitrogen and oxygen atoms in total. The molecule has 1 aromatic heterocycles. The van der Waals surface area contributed by atoms with Crippen LogP contribution in [0.4, 0.5) is 5.69 Å². The number of rotatable bonds is 5. The topological polar surface area (TPSA) is 54.3 Å². The Hall–Kier alpha value is -2.23. The fourth-order valence-corrected chi connectivity index (χ4v) is 2.79. The largest absolute Gasteiger partial charge is 0.478 e. The number of hydrogen-bond acceptors (Lipinski definition) is 2. The number of anilines is 1. The molecule has 0 aliphatic heterocycles. The summed E-state index contributed by atoms with van der Waals surface area (Å²) in [6.07, 6.45) is 0. The molecular formula is C17H22N2O2. The lowest BCUT2D eigenvalue weighted by Crippen LogP contribution is -2.06. The predicted molar refractivity (Wildman–Crippen MR) is 85.0 cm³/mol. The molecule has 0 aliphatic carbocycles. The van der Waals surface area contributed by atoms with Gasteiger partial charge in [0.25, 0.3) is 0 Å². The van der Waals surface area contributed by atoms with Crippen molar-refractivity contribution < 1.29 is 9.90 Å². The second-order valence-electron chi connectivity index (χ2n) is 5.28. The Morgan fingerprint density at radius 1 is 1.29 bits per heavy atom. The van der Waals surface area contributed by atoms with E-state index in [1.165, 1.54) is 17.0 Å². The summed E-state index contributed by atoms with van der Waals surface area (Å²) in [6.45, 7) is 9.86. The minimum absolute atomic E-state index is 0.346. The van der Waals surface area contributed by atoms with Crippen molar-refractivity contribution in [3.8, 4) is 0 Å². The molecule has 0 aliphatic rings. The van der Waals surface area contributed by atoms with E-state index in [0.717, 1.165) is 17.8 Å². The van der Waals surface area contributed by atoms with Gasteiger partial charge in [-0.2, -0.15) is 0 Å². The predicted octanol–water partition coefficient (Wildman–Crippen LogP) is 3.74. The molecule has 2 aromatic rings. The van der Waals surface area contributed by atoms with Gasteiger partial charge in [0.2, 0.25) is 0 Å². The average molecular weight is 286 g/mol. The zero-order chi connectivity index (χ0) is 15.6. The number of aryl methyl sites for hydroxylation is 1. The van der Waals surface area contributed by atoms with Gasteiger partial charge in [-0.25, -0.2) is 4.79 Å². The van der Waals surface area contributed by atoms with E-state index in [9.17, 15) is 4.79 Å². The molecule has 4 heteroatoms. The van der Waals surface area contributed by atoms with Crippen LogP contribution in [0, 0.1) is 20.8 Å². The number of benzene rings is 1. The van der Waals surface area contributed by atoms with Crippen molar-refractivity contribution in [3.05, 3.63) is 52.3 Å². The maximum Gasteiger partial charge on any atom is 0.336 e. The molecule has 112 valence electrons. The van der Waals surface area contributed by atoms with Crippen molar-refractivity contribution in [2.75, 3.05) is 5.32 Å². The fourth-order valence-electron chi connectivity index (χ4n) is 2.79. The summed E-state index contributed by atoms with van der Waals surface area (Å²) < 4.78 is 2.28. The molecule has 0 spiro atoms. The van der Waals surface area contributed by atoms with Gasteiger partial charge in [0.05, 0.1) is 5.56 Å². The van der Waals surface area contributed by atoms with Crippen molar-refractivity contribution in [1.29, 1.82) is 0 Å². The summed E-state index contributed by atoms with van der Waals surface area (Å²) in [4.78, 5) is 11.2. The van der Waals surface area contributed by atoms with Gasteiger partial charge in [-0.1, -0.05) is 6.07 Å². The third-order valence-electron chi connectivity index (χ3n) is 4.03. The molecular weight excluding hydrogens is 264 g/mol. The third-order valence-corrected chi connectivity index (χ3v) is 4.03. The van der Waals surface area contributed by atoms with Gasteiger partial charge in [-0.05, 0) is 57.0 Å². The Morgan fingerprint density at radius 3 is 2.57 bits per heavy atom. The molecule has 0 atom stereocenters. The van der Waals surface area contributed by atoms with Crippen molar-refractivity contribution in [2.24, 2.45) is 0 Å². The van der Waals surface area contributed by atoms with Crippen LogP contribution in [0.25, 0.3) is 0 Å². The molecule has 2 rings (SSSR count). The van der Waals surface area contributed by atoms with Crippen LogP contribution in [0.1, 0.15) is 39.8 Å². The fraction of sp³-hybridized carbons (Fsp3) is 0.353. The highest BCUT2D eigenvalue weighted by molar-refractivity contribution is 5.91. The Balaban J connectivity index is 2.21. The van der Waals surface area contributed by atoms with E-state index in [1.807, 2.05) is 13.0 Å². The number of aromatic carboxylic acids is 1. The molecule has 1 heterocycles. The molecule has 0 fully saturated rings. The van der Waals surface area contributed by atoms with Crippen LogP contribution in [0.15, 0.2) is 24.3 Å². The van der Waals surface area contributed by atoms with Crippen LogP contribution >= 0.6 is 0 Å². The normalized spacial score (nSPS) is 10.7. The molecule has 0 saturated carbocycles. The Bertz CT molecular complexity index is 672. The summed E-state index contributed by atoms with van der Waals surface area (Å²) >= 11 is 0. The first kappa shape index (κ1) is 15.2. The van der Waals surface area contributed by atoms with E-state index in [-0.39, 0.29) is 0 Å². The van der Waals surface area contributed by atoms with Crippen molar-refractivity contribution in [1.82, 2.24) is 4.57 Å². The Labute approximate surface area is 125 Å². The highest BCUT2D eigenvalue weighted by Gasteiger charge is 2.11. The van der Waals surface area contributed by atoms with Crippen LogP contribution in [0.2, 0.25) is 0 Å². The Kier molecular flexibility index (Phi) is 4.36. The summed E-state index contributed by atoms with van der Waals surface area (Å²) in [5.41, 5.74) is 5.75. The van der Waals surface area contributed by atoms with Gasteiger partial charge in [0, 0.05) is 30.2 Å². The minimum atomic E-state index is -0.889. The monoisotopic (exact) mass is 286 g/mol. The van der Waals surface area contributed by atoms with Crippen molar-refractivity contribution in [3.63, 3.8) is 0 Å². The summed E-state index contributed by atoms with van der Waals surface area (Å²) in [5.74, 6) is -0.889. The van der Waals surface area contributed by atoms with Gasteiger partial charge in [-0.3, -0.25) is 0 Å². The van der Waals surface area contributed by atoms with Crippen molar-refractivity contribution in [2.45, 2.75) is 40.8 Å². The quantitative estimate of drug-likeness (QED) is 0.880. The first-order chi connectivity index (χ1) is 9.95. The van der Waals surface area contributed by atoms with Crippen LogP contribution in [-0.4, -0.2) is 15.6 Å². The highest BCUT2D eigenvalue weighted by Crippen LogP contribution is 2.21. The number of nitrogens with zero attached hydrogens (tertiary/aromatic N) is 1. The second kappa shape index (κ2) is 6.04. The van der Waals surface area contributed by atoms with E-state index in [1.54, 1.807) is 12.1 Å². The maximum atomic E-state index is 11.2. The highest BCUT2D eigenvalue weighted by atomic mass is 16.4. The average Bonchev–Trinajstić information content (AvgIpc) is 2.71. The Morgan fingerprint density at radius 2 is 2.00 bits per heavy atom. The second-order valence-corrected chi connectivity index (χ2v) is 5.28. The first-order valence-corrected chi connectivity index (χ1v) is 7.18. The van der Waals surface area contributed by atoms with Crippen LogP contribution in [-0.2, 0) is 13.1 Å². The molecule has 0 unspecified atom stereocenters. The van der Waals surface area contributed by atoms with Crippen molar-refractivity contribution >= 4 is 11.7 Å². The minimum Gasteiger partial charge on any atom is -0.478 e. The molecule has 0 amide bonds. The van der Waals surface area contributed by atoms with Crippen LogP contribution in [0.3, 0.4) is 0 Å². The number of aromatic nitrogens is 1. The lowest BCUT2D eigenvalue weighted by Gasteiger charge is -2.12. The number of hydrogen-bond donors (Lipinski definition) is 2. The smallest absolute Gasteiger partial charge is 0.336 e. The van der Waals surface area contributed by atoms with E-state index in [4.69, 9.17) is 5.11 Å². The van der Waals surface area contributed by atoms with Crippen LogP contribution in [0.5, 0.6) is 0 Å². The third kappa shape index (κ3) is 2.94. The zero-order valence-electron chi connectivity index (χ0n) is 13.0. The van der Waals surface area contributed by atoms with Crippen LogP contribution < -0.4 is 5.32 Å². The number of carboxylic acids is 1. The first-order valence-electron chi connectivity index (χ1n) is 7.18. The van der Waals surface area contributed by atoms with Gasteiger partial charge >= 0.3 is 5.97 Å². The maximum absolute atomic E-state index is 11.2. The van der Waals surface area contributed by atoms with Gasteiger partial charge < -0.3 is 15.0 Å². The number of carboxylic acid groups (broad SMARTS) is 1. The van der Waals surface area contributed by atoms with Gasteiger partial charge in [0.1, 0.15) is 0 Å². The van der Waals surface area contributed by atoms with E-state index in [2.05, 4.69) is 36.7 Å². The zero-order valence-corrected chi connectivity index (χ0v) is 13.0. The summed E-state index contributed by atoms with van der Waals surface area (Å²) in [5, 5.41) is 12.5. The molecule has 0 radical (unpaired) electrons.